The second-order valence-electron chi connectivity index (χ2n) is 6.56. The fourth-order valence-electron chi connectivity index (χ4n) is 3.06. The zero-order valence-electron chi connectivity index (χ0n) is 15.2. The number of nitriles is 1. The highest BCUT2D eigenvalue weighted by Gasteiger charge is 2.17. The highest BCUT2D eigenvalue weighted by Crippen LogP contribution is 2.23. The average molecular weight is 361 g/mol. The van der Waals surface area contributed by atoms with Gasteiger partial charge in [-0.2, -0.15) is 5.26 Å². The van der Waals surface area contributed by atoms with E-state index in [2.05, 4.69) is 10.6 Å². The van der Waals surface area contributed by atoms with Crippen molar-refractivity contribution in [2.24, 2.45) is 0 Å². The van der Waals surface area contributed by atoms with Crippen LogP contribution in [0, 0.1) is 11.3 Å². The third kappa shape index (κ3) is 5.61. The van der Waals surface area contributed by atoms with Crippen molar-refractivity contribution in [1.29, 1.82) is 5.26 Å². The first kappa shape index (κ1) is 18.5. The van der Waals surface area contributed by atoms with E-state index in [1.807, 2.05) is 60.7 Å². The van der Waals surface area contributed by atoms with Crippen LogP contribution in [-0.2, 0) is 4.79 Å². The molecule has 27 heavy (non-hydrogen) atoms. The molecular weight excluding hydrogens is 338 g/mol. The lowest BCUT2D eigenvalue weighted by Crippen LogP contribution is -2.37. The fraction of sp³-hybridized carbons (Fsp3) is 0.273. The predicted octanol–water partition coefficient (Wildman–Crippen LogP) is 4.75. The molecular formula is C22H23N3O2. The number of nitrogens with zero attached hydrogens (tertiary/aromatic N) is 1. The molecule has 5 nitrogen and oxygen atoms in total. The van der Waals surface area contributed by atoms with E-state index >= 15 is 0 Å². The number of para-hydroxylation sites is 1. The number of amides is 1. The Morgan fingerprint density at radius 2 is 1.67 bits per heavy atom. The van der Waals surface area contributed by atoms with Crippen LogP contribution in [0.15, 0.2) is 66.4 Å². The van der Waals surface area contributed by atoms with Gasteiger partial charge < -0.3 is 15.4 Å². The number of ether oxygens (including phenoxy) is 1. The summed E-state index contributed by atoms with van der Waals surface area (Å²) < 4.78 is 5.74. The Hall–Kier alpha value is -3.26. The molecule has 1 amide bonds. The molecule has 0 atom stereocenters. The molecule has 0 radical (unpaired) electrons. The largest absolute Gasteiger partial charge is 0.457 e. The van der Waals surface area contributed by atoms with Crippen LogP contribution in [-0.4, -0.2) is 11.9 Å². The molecule has 2 aromatic carbocycles. The van der Waals surface area contributed by atoms with Gasteiger partial charge in [0.1, 0.15) is 23.1 Å². The molecule has 3 rings (SSSR count). The normalized spacial score (nSPS) is 14.9. The van der Waals surface area contributed by atoms with Gasteiger partial charge in [0.25, 0.3) is 5.91 Å². The molecule has 0 bridgehead atoms. The molecule has 1 saturated carbocycles. The van der Waals surface area contributed by atoms with Crippen molar-refractivity contribution in [3.63, 3.8) is 0 Å². The van der Waals surface area contributed by atoms with Gasteiger partial charge >= 0.3 is 0 Å². The summed E-state index contributed by atoms with van der Waals surface area (Å²) in [6, 6.07) is 19.0. The quantitative estimate of drug-likeness (QED) is 0.575. The van der Waals surface area contributed by atoms with Gasteiger partial charge in [0.2, 0.25) is 0 Å². The minimum atomic E-state index is -0.319. The summed E-state index contributed by atoms with van der Waals surface area (Å²) in [4.78, 5) is 12.3. The van der Waals surface area contributed by atoms with Crippen LogP contribution in [0.1, 0.15) is 32.1 Å². The molecule has 1 aliphatic carbocycles. The van der Waals surface area contributed by atoms with Gasteiger partial charge in [0.05, 0.1) is 0 Å². The second kappa shape index (κ2) is 9.44. The second-order valence-corrected chi connectivity index (χ2v) is 6.56. The van der Waals surface area contributed by atoms with Gasteiger partial charge in [-0.15, -0.1) is 0 Å². The fourth-order valence-corrected chi connectivity index (χ4v) is 3.06. The third-order valence-electron chi connectivity index (χ3n) is 4.52. The summed E-state index contributed by atoms with van der Waals surface area (Å²) in [5, 5.41) is 15.2. The van der Waals surface area contributed by atoms with Gasteiger partial charge in [0.15, 0.2) is 0 Å². The van der Waals surface area contributed by atoms with Crippen LogP contribution in [0.2, 0.25) is 0 Å². The standard InChI is InChI=1S/C22H23N3O2/c23-15-17(22(26)25-19-7-3-1-4-8-19)16-24-18-11-13-21(14-12-18)27-20-9-5-2-6-10-20/h2,5-6,9-14,16,19,24H,1,3-4,7-8H2,(H,25,26)/b17-16-. The van der Waals surface area contributed by atoms with E-state index in [0.717, 1.165) is 37.1 Å². The van der Waals surface area contributed by atoms with E-state index in [4.69, 9.17) is 4.74 Å². The Morgan fingerprint density at radius 1 is 1.00 bits per heavy atom. The number of benzene rings is 2. The van der Waals surface area contributed by atoms with Gasteiger partial charge in [-0.25, -0.2) is 0 Å². The monoisotopic (exact) mass is 361 g/mol. The maximum Gasteiger partial charge on any atom is 0.263 e. The lowest BCUT2D eigenvalue weighted by molar-refractivity contribution is -0.118. The number of hydrogen-bond acceptors (Lipinski definition) is 4. The number of carbonyl (C=O) groups excluding carboxylic acids is 1. The van der Waals surface area contributed by atoms with Crippen molar-refractivity contribution >= 4 is 11.6 Å². The van der Waals surface area contributed by atoms with Crippen LogP contribution >= 0.6 is 0 Å². The van der Waals surface area contributed by atoms with Crippen molar-refractivity contribution in [2.45, 2.75) is 38.1 Å². The maximum atomic E-state index is 12.3. The van der Waals surface area contributed by atoms with Crippen LogP contribution in [0.5, 0.6) is 11.5 Å². The van der Waals surface area contributed by atoms with E-state index in [1.165, 1.54) is 12.6 Å². The van der Waals surface area contributed by atoms with Gasteiger partial charge in [-0.05, 0) is 49.2 Å². The molecule has 0 saturated heterocycles. The molecule has 2 aromatic rings. The maximum absolute atomic E-state index is 12.3. The molecule has 0 aromatic heterocycles. The highest BCUT2D eigenvalue weighted by atomic mass is 16.5. The molecule has 1 fully saturated rings. The summed E-state index contributed by atoms with van der Waals surface area (Å²) in [5.41, 5.74) is 0.846. The van der Waals surface area contributed by atoms with Crippen LogP contribution in [0.25, 0.3) is 0 Å². The lowest BCUT2D eigenvalue weighted by Gasteiger charge is -2.22. The van der Waals surface area contributed by atoms with Crippen molar-refractivity contribution in [1.82, 2.24) is 5.32 Å². The summed E-state index contributed by atoms with van der Waals surface area (Å²) in [6.07, 6.45) is 6.91. The first-order valence-corrected chi connectivity index (χ1v) is 9.25. The molecule has 0 unspecified atom stereocenters. The summed E-state index contributed by atoms with van der Waals surface area (Å²) in [5.74, 6) is 1.16. The zero-order chi connectivity index (χ0) is 18.9. The summed E-state index contributed by atoms with van der Waals surface area (Å²) in [7, 11) is 0. The minimum absolute atomic E-state index is 0.0742. The molecule has 0 spiro atoms. The van der Waals surface area contributed by atoms with Crippen molar-refractivity contribution in [3.8, 4) is 17.6 Å². The summed E-state index contributed by atoms with van der Waals surface area (Å²) >= 11 is 0. The van der Waals surface area contributed by atoms with E-state index in [9.17, 15) is 10.1 Å². The smallest absolute Gasteiger partial charge is 0.263 e. The summed E-state index contributed by atoms with van der Waals surface area (Å²) in [6.45, 7) is 0. The number of hydrogen-bond donors (Lipinski definition) is 2. The molecule has 5 heteroatoms. The van der Waals surface area contributed by atoms with Crippen LogP contribution in [0.4, 0.5) is 5.69 Å². The predicted molar refractivity (Wildman–Crippen MR) is 105 cm³/mol. The zero-order valence-corrected chi connectivity index (χ0v) is 15.2. The Morgan fingerprint density at radius 3 is 2.33 bits per heavy atom. The van der Waals surface area contributed by atoms with Gasteiger partial charge in [-0.1, -0.05) is 37.5 Å². The Bertz CT molecular complexity index is 817. The molecule has 1 aliphatic rings. The van der Waals surface area contributed by atoms with E-state index in [1.54, 1.807) is 0 Å². The van der Waals surface area contributed by atoms with Crippen LogP contribution in [0.3, 0.4) is 0 Å². The average Bonchev–Trinajstić information content (AvgIpc) is 2.71. The SMILES string of the molecule is N#C/C(=C/Nc1ccc(Oc2ccccc2)cc1)C(=O)NC1CCCCC1. The Balaban J connectivity index is 1.56. The third-order valence-corrected chi connectivity index (χ3v) is 4.52. The molecule has 138 valence electrons. The Kier molecular flexibility index (Phi) is 6.48. The number of carbonyl (C=O) groups is 1. The van der Waals surface area contributed by atoms with Crippen LogP contribution < -0.4 is 15.4 Å². The van der Waals surface area contributed by atoms with E-state index < -0.39 is 0 Å². The Labute approximate surface area is 159 Å². The molecule has 0 heterocycles. The number of rotatable bonds is 6. The molecule has 2 N–H and O–H groups in total. The van der Waals surface area contributed by atoms with E-state index in [0.29, 0.717) is 5.75 Å². The highest BCUT2D eigenvalue weighted by molar-refractivity contribution is 5.97. The first-order chi connectivity index (χ1) is 13.2. The topological polar surface area (TPSA) is 74.1 Å². The number of nitrogens with one attached hydrogen (secondary N) is 2. The molecule has 0 aliphatic heterocycles. The van der Waals surface area contributed by atoms with Gasteiger partial charge in [-0.3, -0.25) is 4.79 Å². The van der Waals surface area contributed by atoms with Crippen molar-refractivity contribution in [3.05, 3.63) is 66.4 Å². The van der Waals surface area contributed by atoms with E-state index in [-0.39, 0.29) is 17.5 Å². The number of anilines is 1. The first-order valence-electron chi connectivity index (χ1n) is 9.25. The van der Waals surface area contributed by atoms with Crippen molar-refractivity contribution < 1.29 is 9.53 Å². The van der Waals surface area contributed by atoms with Gasteiger partial charge in [0, 0.05) is 17.9 Å². The van der Waals surface area contributed by atoms with Crippen molar-refractivity contribution in [2.75, 3.05) is 5.32 Å². The lowest BCUT2D eigenvalue weighted by atomic mass is 9.95. The minimum Gasteiger partial charge on any atom is -0.457 e.